The Morgan fingerprint density at radius 2 is 1.71 bits per heavy atom. The molecule has 17 heavy (non-hydrogen) atoms. The first-order chi connectivity index (χ1) is 8.09. The highest BCUT2D eigenvalue weighted by molar-refractivity contribution is 9.10. The van der Waals surface area contributed by atoms with Gasteiger partial charge in [0, 0.05) is 15.5 Å². The smallest absolute Gasteiger partial charge is 0.394 e. The molecule has 0 saturated heterocycles. The molecule has 0 unspecified atom stereocenters. The number of amides is 1. The highest BCUT2D eigenvalue weighted by Crippen LogP contribution is 2.29. The van der Waals surface area contributed by atoms with E-state index >= 15 is 0 Å². The topological polar surface area (TPSA) is 66.4 Å². The zero-order valence-corrected chi connectivity index (χ0v) is 10.2. The molecular weight excluding hydrogens is 286 g/mol. The van der Waals surface area contributed by atoms with E-state index in [2.05, 4.69) is 21.2 Å². The number of benzene rings is 2. The van der Waals surface area contributed by atoms with Gasteiger partial charge in [0.25, 0.3) is 0 Å². The molecule has 0 saturated carbocycles. The lowest BCUT2D eigenvalue weighted by atomic mass is 10.1. The largest absolute Gasteiger partial charge is 0.474 e. The van der Waals surface area contributed by atoms with Gasteiger partial charge in [0.15, 0.2) is 0 Å². The second kappa shape index (κ2) is 4.55. The van der Waals surface area contributed by atoms with Gasteiger partial charge in [-0.25, -0.2) is 4.79 Å². The normalized spacial score (nSPS) is 10.2. The van der Waals surface area contributed by atoms with E-state index in [4.69, 9.17) is 5.11 Å². The van der Waals surface area contributed by atoms with Gasteiger partial charge in [-0.15, -0.1) is 0 Å². The van der Waals surface area contributed by atoms with Gasteiger partial charge in [0.05, 0.1) is 0 Å². The lowest BCUT2D eigenvalue weighted by molar-refractivity contribution is -0.147. The molecule has 0 fully saturated rings. The Balaban J connectivity index is 2.52. The van der Waals surface area contributed by atoms with Crippen molar-refractivity contribution in [2.24, 2.45) is 0 Å². The maximum Gasteiger partial charge on any atom is 0.394 e. The summed E-state index contributed by atoms with van der Waals surface area (Å²) in [5.41, 5.74) is 0.483. The van der Waals surface area contributed by atoms with Crippen LogP contribution in [0.15, 0.2) is 40.9 Å². The molecule has 2 aromatic rings. The molecule has 0 radical (unpaired) electrons. The van der Waals surface area contributed by atoms with E-state index in [-0.39, 0.29) is 0 Å². The van der Waals surface area contributed by atoms with E-state index in [1.165, 1.54) is 0 Å². The van der Waals surface area contributed by atoms with Gasteiger partial charge in [-0.2, -0.15) is 0 Å². The number of aliphatic carboxylic acids is 1. The fraction of sp³-hybridized carbons (Fsp3) is 0. The first kappa shape index (κ1) is 11.6. The molecule has 0 aliphatic heterocycles. The van der Waals surface area contributed by atoms with Crippen LogP contribution in [-0.2, 0) is 9.59 Å². The molecule has 2 N–H and O–H groups in total. The molecule has 0 atom stereocenters. The van der Waals surface area contributed by atoms with Gasteiger partial charge in [-0.05, 0) is 17.5 Å². The Morgan fingerprint density at radius 1 is 1.06 bits per heavy atom. The average Bonchev–Trinajstić information content (AvgIpc) is 2.33. The summed E-state index contributed by atoms with van der Waals surface area (Å²) in [4.78, 5) is 21.6. The lowest BCUT2D eigenvalue weighted by Gasteiger charge is -2.08. The number of anilines is 1. The molecule has 0 aliphatic carbocycles. The minimum atomic E-state index is -1.50. The number of nitrogens with one attached hydrogen (secondary N) is 1. The van der Waals surface area contributed by atoms with E-state index in [0.29, 0.717) is 5.69 Å². The van der Waals surface area contributed by atoms with Gasteiger partial charge in [-0.3, -0.25) is 4.79 Å². The summed E-state index contributed by atoms with van der Waals surface area (Å²) in [5.74, 6) is -2.55. The molecule has 2 aromatic carbocycles. The summed E-state index contributed by atoms with van der Waals surface area (Å²) < 4.78 is 0.890. The summed E-state index contributed by atoms with van der Waals surface area (Å²) in [6.07, 6.45) is 0. The second-order valence-corrected chi connectivity index (χ2v) is 4.25. The predicted molar refractivity (Wildman–Crippen MR) is 67.9 cm³/mol. The van der Waals surface area contributed by atoms with Crippen molar-refractivity contribution in [3.8, 4) is 0 Å². The van der Waals surface area contributed by atoms with E-state index < -0.39 is 11.9 Å². The molecule has 2 rings (SSSR count). The first-order valence-electron chi connectivity index (χ1n) is 4.81. The number of fused-ring (bicyclic) bond motifs is 1. The van der Waals surface area contributed by atoms with Gasteiger partial charge >= 0.3 is 11.9 Å². The minimum Gasteiger partial charge on any atom is -0.474 e. The van der Waals surface area contributed by atoms with Crippen molar-refractivity contribution in [2.75, 3.05) is 5.32 Å². The zero-order chi connectivity index (χ0) is 12.4. The van der Waals surface area contributed by atoms with Crippen molar-refractivity contribution in [3.63, 3.8) is 0 Å². The van der Waals surface area contributed by atoms with E-state index in [9.17, 15) is 9.59 Å². The molecule has 0 aromatic heterocycles. The molecular formula is C12H8BrNO3. The molecule has 5 heteroatoms. The quantitative estimate of drug-likeness (QED) is 0.794. The van der Waals surface area contributed by atoms with E-state index in [1.807, 2.05) is 24.3 Å². The number of rotatable bonds is 1. The molecule has 0 bridgehead atoms. The number of carbonyl (C=O) groups is 2. The Kier molecular flexibility index (Phi) is 3.10. The fourth-order valence-electron chi connectivity index (χ4n) is 1.55. The van der Waals surface area contributed by atoms with Crippen LogP contribution in [0.5, 0.6) is 0 Å². The van der Waals surface area contributed by atoms with Crippen LogP contribution >= 0.6 is 15.9 Å². The number of hydrogen-bond donors (Lipinski definition) is 2. The van der Waals surface area contributed by atoms with Gasteiger partial charge in [-0.1, -0.05) is 40.2 Å². The van der Waals surface area contributed by atoms with Crippen molar-refractivity contribution in [1.29, 1.82) is 0 Å². The average molecular weight is 294 g/mol. The van der Waals surface area contributed by atoms with Gasteiger partial charge in [0.1, 0.15) is 0 Å². The zero-order valence-electron chi connectivity index (χ0n) is 8.61. The maximum atomic E-state index is 11.1. The molecule has 0 heterocycles. The first-order valence-corrected chi connectivity index (χ1v) is 5.60. The lowest BCUT2D eigenvalue weighted by Crippen LogP contribution is -2.21. The van der Waals surface area contributed by atoms with Crippen LogP contribution in [0.3, 0.4) is 0 Å². The standard InChI is InChI=1S/C12H8BrNO3/c13-9-5-6-10(14-11(15)12(16)17)8-4-2-1-3-7(8)9/h1-6H,(H,14,15)(H,16,17). The molecule has 0 spiro atoms. The summed E-state index contributed by atoms with van der Waals surface area (Å²) in [5, 5.41) is 12.6. The van der Waals surface area contributed by atoms with Crippen LogP contribution in [0.4, 0.5) is 5.69 Å². The Bertz CT molecular complexity index is 610. The van der Waals surface area contributed by atoms with Crippen LogP contribution in [0, 0.1) is 0 Å². The van der Waals surface area contributed by atoms with Gasteiger partial charge < -0.3 is 10.4 Å². The maximum absolute atomic E-state index is 11.1. The summed E-state index contributed by atoms with van der Waals surface area (Å²) in [6.45, 7) is 0. The predicted octanol–water partition coefficient (Wildman–Crippen LogP) is 2.63. The monoisotopic (exact) mass is 293 g/mol. The van der Waals surface area contributed by atoms with Crippen LogP contribution in [0.2, 0.25) is 0 Å². The number of carboxylic acids is 1. The number of carbonyl (C=O) groups excluding carboxylic acids is 1. The van der Waals surface area contributed by atoms with E-state index in [0.717, 1.165) is 15.2 Å². The number of hydrogen-bond acceptors (Lipinski definition) is 2. The number of halogens is 1. The molecule has 0 aliphatic rings. The minimum absolute atomic E-state index is 0.483. The third-order valence-corrected chi connectivity index (χ3v) is 3.00. The van der Waals surface area contributed by atoms with Crippen molar-refractivity contribution < 1.29 is 14.7 Å². The van der Waals surface area contributed by atoms with Crippen LogP contribution in [0.1, 0.15) is 0 Å². The van der Waals surface area contributed by atoms with Gasteiger partial charge in [0.2, 0.25) is 0 Å². The third kappa shape index (κ3) is 2.29. The second-order valence-electron chi connectivity index (χ2n) is 3.40. The molecule has 1 amide bonds. The highest BCUT2D eigenvalue weighted by atomic mass is 79.9. The van der Waals surface area contributed by atoms with Crippen molar-refractivity contribution in [2.45, 2.75) is 0 Å². The van der Waals surface area contributed by atoms with Crippen molar-refractivity contribution in [3.05, 3.63) is 40.9 Å². The fourth-order valence-corrected chi connectivity index (χ4v) is 2.02. The van der Waals surface area contributed by atoms with Crippen LogP contribution in [0.25, 0.3) is 10.8 Å². The van der Waals surface area contributed by atoms with Crippen molar-refractivity contribution in [1.82, 2.24) is 0 Å². The number of carboxylic acid groups (broad SMARTS) is 1. The summed E-state index contributed by atoms with van der Waals surface area (Å²) >= 11 is 3.40. The van der Waals surface area contributed by atoms with Crippen molar-refractivity contribution >= 4 is 44.3 Å². The Hall–Kier alpha value is -1.88. The van der Waals surface area contributed by atoms with Crippen LogP contribution < -0.4 is 5.32 Å². The van der Waals surface area contributed by atoms with Crippen LogP contribution in [-0.4, -0.2) is 17.0 Å². The Labute approximate surface area is 105 Å². The third-order valence-electron chi connectivity index (χ3n) is 2.31. The summed E-state index contributed by atoms with van der Waals surface area (Å²) in [7, 11) is 0. The molecule has 4 nitrogen and oxygen atoms in total. The SMILES string of the molecule is O=C(O)C(=O)Nc1ccc(Br)c2ccccc12. The highest BCUT2D eigenvalue weighted by Gasteiger charge is 2.13. The van der Waals surface area contributed by atoms with E-state index in [1.54, 1.807) is 12.1 Å². The summed E-state index contributed by atoms with van der Waals surface area (Å²) in [6, 6.07) is 10.8. The Morgan fingerprint density at radius 3 is 2.35 bits per heavy atom. The molecule has 86 valence electrons.